The molecule has 1 atom stereocenters. The maximum absolute atomic E-state index is 10.4. The molecule has 0 aliphatic heterocycles. The van der Waals surface area contributed by atoms with Crippen LogP contribution in [-0.2, 0) is 6.42 Å². The summed E-state index contributed by atoms with van der Waals surface area (Å²) >= 11 is 1.26. The number of nitrogens with zero attached hydrogens (tertiary/aromatic N) is 3. The van der Waals surface area contributed by atoms with E-state index in [2.05, 4.69) is 21.5 Å². The molecule has 2 heterocycles. The fraction of sp³-hybridized carbons (Fsp3) is 0.417. The molecule has 0 bridgehead atoms. The molecule has 0 aromatic carbocycles. The lowest BCUT2D eigenvalue weighted by Gasteiger charge is -2.11. The molecule has 4 nitrogen and oxygen atoms in total. The molecule has 0 aliphatic carbocycles. The summed E-state index contributed by atoms with van der Waals surface area (Å²) in [5.74, 6) is 0. The van der Waals surface area contributed by atoms with Crippen molar-refractivity contribution in [2.75, 3.05) is 0 Å². The van der Waals surface area contributed by atoms with Gasteiger partial charge in [0.1, 0.15) is 6.10 Å². The van der Waals surface area contributed by atoms with Gasteiger partial charge < -0.3 is 5.11 Å². The molecule has 2 aromatic heterocycles. The van der Waals surface area contributed by atoms with Gasteiger partial charge in [0.05, 0.1) is 10.6 Å². The van der Waals surface area contributed by atoms with Crippen LogP contribution in [0.2, 0.25) is 0 Å². The third kappa shape index (κ3) is 2.50. The Hall–Kier alpha value is -1.33. The Bertz CT molecular complexity index is 498. The second-order valence-corrected chi connectivity index (χ2v) is 4.75. The van der Waals surface area contributed by atoms with Crippen molar-refractivity contribution in [2.24, 2.45) is 0 Å². The molecule has 0 saturated carbocycles. The second kappa shape index (κ2) is 5.33. The molecule has 0 spiro atoms. The SMILES string of the molecule is CCCc1nnsc1C(O)c1cnccc1C. The molecule has 2 rings (SSSR count). The molecule has 5 heteroatoms. The first-order chi connectivity index (χ1) is 8.24. The summed E-state index contributed by atoms with van der Waals surface area (Å²) in [6.07, 6.45) is 4.61. The largest absolute Gasteiger partial charge is 0.383 e. The van der Waals surface area contributed by atoms with E-state index in [0.29, 0.717) is 0 Å². The number of aliphatic hydroxyl groups is 1. The second-order valence-electron chi connectivity index (χ2n) is 3.97. The highest BCUT2D eigenvalue weighted by Gasteiger charge is 2.19. The van der Waals surface area contributed by atoms with E-state index in [0.717, 1.165) is 34.5 Å². The lowest BCUT2D eigenvalue weighted by Crippen LogP contribution is -2.03. The quantitative estimate of drug-likeness (QED) is 0.903. The van der Waals surface area contributed by atoms with Crippen LogP contribution in [0.4, 0.5) is 0 Å². The van der Waals surface area contributed by atoms with E-state index in [1.807, 2.05) is 13.0 Å². The van der Waals surface area contributed by atoms with Crippen LogP contribution < -0.4 is 0 Å². The van der Waals surface area contributed by atoms with E-state index in [1.165, 1.54) is 11.5 Å². The Kier molecular flexibility index (Phi) is 3.81. The number of hydrogen-bond donors (Lipinski definition) is 1. The Morgan fingerprint density at radius 2 is 2.29 bits per heavy atom. The van der Waals surface area contributed by atoms with E-state index < -0.39 is 6.10 Å². The number of aryl methyl sites for hydroxylation is 2. The summed E-state index contributed by atoms with van der Waals surface area (Å²) in [7, 11) is 0. The topological polar surface area (TPSA) is 58.9 Å². The van der Waals surface area contributed by atoms with Crippen molar-refractivity contribution in [3.05, 3.63) is 40.2 Å². The average Bonchev–Trinajstić information content (AvgIpc) is 2.78. The molecular formula is C12H15N3OS. The molecule has 0 amide bonds. The van der Waals surface area contributed by atoms with Crippen LogP contribution in [0.25, 0.3) is 0 Å². The molecular weight excluding hydrogens is 234 g/mol. The number of pyridine rings is 1. The fourth-order valence-electron chi connectivity index (χ4n) is 1.74. The standard InChI is InChI=1S/C12H15N3OS/c1-3-4-10-12(17-15-14-10)11(16)9-7-13-6-5-8(9)2/h5-7,11,16H,3-4H2,1-2H3. The molecule has 0 radical (unpaired) electrons. The number of rotatable bonds is 4. The molecule has 0 saturated heterocycles. The van der Waals surface area contributed by atoms with Gasteiger partial charge in [-0.1, -0.05) is 17.8 Å². The first-order valence-corrected chi connectivity index (χ1v) is 6.41. The minimum Gasteiger partial charge on any atom is -0.383 e. The van der Waals surface area contributed by atoms with E-state index in [9.17, 15) is 5.11 Å². The lowest BCUT2D eigenvalue weighted by atomic mass is 10.0. The highest BCUT2D eigenvalue weighted by Crippen LogP contribution is 2.28. The van der Waals surface area contributed by atoms with Gasteiger partial charge in [0, 0.05) is 18.0 Å². The van der Waals surface area contributed by atoms with E-state index in [1.54, 1.807) is 12.4 Å². The Morgan fingerprint density at radius 1 is 1.47 bits per heavy atom. The van der Waals surface area contributed by atoms with Crippen LogP contribution in [0, 0.1) is 6.92 Å². The molecule has 17 heavy (non-hydrogen) atoms. The Morgan fingerprint density at radius 3 is 3.00 bits per heavy atom. The first-order valence-electron chi connectivity index (χ1n) is 5.63. The van der Waals surface area contributed by atoms with E-state index in [-0.39, 0.29) is 0 Å². The Labute approximate surface area is 105 Å². The summed E-state index contributed by atoms with van der Waals surface area (Å²) in [6.45, 7) is 4.05. The molecule has 0 aliphatic rings. The van der Waals surface area contributed by atoms with Crippen LogP contribution in [0.15, 0.2) is 18.5 Å². The highest BCUT2D eigenvalue weighted by molar-refractivity contribution is 7.05. The highest BCUT2D eigenvalue weighted by atomic mass is 32.1. The van der Waals surface area contributed by atoms with Crippen LogP contribution >= 0.6 is 11.5 Å². The van der Waals surface area contributed by atoms with Gasteiger partial charge >= 0.3 is 0 Å². The zero-order valence-electron chi connectivity index (χ0n) is 9.92. The van der Waals surface area contributed by atoms with E-state index >= 15 is 0 Å². The Balaban J connectivity index is 2.34. The monoisotopic (exact) mass is 249 g/mol. The van der Waals surface area contributed by atoms with Crippen LogP contribution in [-0.4, -0.2) is 19.7 Å². The zero-order valence-corrected chi connectivity index (χ0v) is 10.7. The molecule has 1 N–H and O–H groups in total. The van der Waals surface area contributed by atoms with Crippen LogP contribution in [0.5, 0.6) is 0 Å². The van der Waals surface area contributed by atoms with Crippen molar-refractivity contribution in [3.8, 4) is 0 Å². The van der Waals surface area contributed by atoms with Gasteiger partial charge in [0.25, 0.3) is 0 Å². The minimum absolute atomic E-state index is 0.662. The summed E-state index contributed by atoms with van der Waals surface area (Å²) in [5.41, 5.74) is 2.76. The summed E-state index contributed by atoms with van der Waals surface area (Å²) in [6, 6.07) is 1.90. The predicted octanol–water partition coefficient (Wildman–Crippen LogP) is 2.28. The normalized spacial score (nSPS) is 12.6. The minimum atomic E-state index is -0.662. The van der Waals surface area contributed by atoms with Gasteiger partial charge in [-0.3, -0.25) is 4.98 Å². The third-order valence-electron chi connectivity index (χ3n) is 2.69. The maximum Gasteiger partial charge on any atom is 0.118 e. The van der Waals surface area contributed by atoms with Crippen molar-refractivity contribution in [1.29, 1.82) is 0 Å². The van der Waals surface area contributed by atoms with Gasteiger partial charge in [-0.25, -0.2) is 0 Å². The van der Waals surface area contributed by atoms with Crippen LogP contribution in [0.1, 0.15) is 41.1 Å². The zero-order chi connectivity index (χ0) is 12.3. The van der Waals surface area contributed by atoms with Gasteiger partial charge in [0.2, 0.25) is 0 Å². The summed E-state index contributed by atoms with van der Waals surface area (Å²) in [5, 5.41) is 14.4. The third-order valence-corrected chi connectivity index (χ3v) is 3.51. The first kappa shape index (κ1) is 12.1. The van der Waals surface area contributed by atoms with Gasteiger partial charge in [-0.2, -0.15) is 0 Å². The molecule has 0 fully saturated rings. The van der Waals surface area contributed by atoms with Gasteiger partial charge in [0.15, 0.2) is 0 Å². The summed E-state index contributed by atoms with van der Waals surface area (Å²) < 4.78 is 3.93. The average molecular weight is 249 g/mol. The number of aliphatic hydroxyl groups excluding tert-OH is 1. The van der Waals surface area contributed by atoms with Crippen molar-refractivity contribution < 1.29 is 5.11 Å². The lowest BCUT2D eigenvalue weighted by molar-refractivity contribution is 0.221. The van der Waals surface area contributed by atoms with Gasteiger partial charge in [-0.15, -0.1) is 5.10 Å². The van der Waals surface area contributed by atoms with Crippen molar-refractivity contribution >= 4 is 11.5 Å². The number of aromatic nitrogens is 3. The van der Waals surface area contributed by atoms with Crippen molar-refractivity contribution in [2.45, 2.75) is 32.8 Å². The van der Waals surface area contributed by atoms with Crippen molar-refractivity contribution in [1.82, 2.24) is 14.6 Å². The number of hydrogen-bond acceptors (Lipinski definition) is 5. The van der Waals surface area contributed by atoms with E-state index in [4.69, 9.17) is 0 Å². The predicted molar refractivity (Wildman–Crippen MR) is 66.9 cm³/mol. The van der Waals surface area contributed by atoms with Crippen LogP contribution in [0.3, 0.4) is 0 Å². The van der Waals surface area contributed by atoms with Crippen molar-refractivity contribution in [3.63, 3.8) is 0 Å². The molecule has 2 aromatic rings. The fourth-order valence-corrected chi connectivity index (χ4v) is 2.44. The maximum atomic E-state index is 10.4. The molecule has 1 unspecified atom stereocenters. The smallest absolute Gasteiger partial charge is 0.118 e. The summed E-state index contributed by atoms with van der Waals surface area (Å²) in [4.78, 5) is 4.89. The molecule has 90 valence electrons. The van der Waals surface area contributed by atoms with Gasteiger partial charge in [-0.05, 0) is 36.5 Å².